The highest BCUT2D eigenvalue weighted by atomic mass is 79.9. The van der Waals surface area contributed by atoms with Crippen LogP contribution >= 0.6 is 27.5 Å². The molecule has 0 atom stereocenters. The summed E-state index contributed by atoms with van der Waals surface area (Å²) in [6.45, 7) is 8.78. The summed E-state index contributed by atoms with van der Waals surface area (Å²) in [4.78, 5) is 27.2. The number of hydrogen-bond acceptors (Lipinski definition) is 5. The second-order valence-electron chi connectivity index (χ2n) is 12.2. The second kappa shape index (κ2) is 9.87. The molecule has 2 aliphatic carbocycles. The zero-order chi connectivity index (χ0) is 27.4. The largest absolute Gasteiger partial charge is 0.493 e. The molecule has 2 aromatic rings. The Morgan fingerprint density at radius 1 is 0.921 bits per heavy atom. The fraction of sp³-hybridized carbons (Fsp3) is 0.419. The Bertz CT molecular complexity index is 1340. The van der Waals surface area contributed by atoms with Gasteiger partial charge in [0.25, 0.3) is 0 Å². The number of carbonyl (C=O) groups is 2. The smallest absolute Gasteiger partial charge is 0.180 e. The Labute approximate surface area is 237 Å². The first-order valence-corrected chi connectivity index (χ1v) is 14.1. The van der Waals surface area contributed by atoms with Gasteiger partial charge in [0.05, 0.1) is 12.1 Å². The predicted octanol–water partition coefficient (Wildman–Crippen LogP) is 7.66. The number of carbonyl (C=O) groups excluding carboxylic acids is 2. The maximum absolute atomic E-state index is 13.6. The molecule has 5 nitrogen and oxygen atoms in total. The molecule has 0 aromatic heterocycles. The monoisotopic (exact) mass is 597 g/mol. The van der Waals surface area contributed by atoms with Gasteiger partial charge in [0.2, 0.25) is 0 Å². The molecule has 7 heteroatoms. The summed E-state index contributed by atoms with van der Waals surface area (Å²) in [5.41, 5.74) is 4.65. The summed E-state index contributed by atoms with van der Waals surface area (Å²) < 4.78 is 12.8. The molecular weight excluding hydrogens is 566 g/mol. The van der Waals surface area contributed by atoms with E-state index >= 15 is 0 Å². The van der Waals surface area contributed by atoms with Crippen LogP contribution in [0.3, 0.4) is 0 Å². The number of nitrogens with one attached hydrogen (secondary N) is 1. The lowest BCUT2D eigenvalue weighted by Gasteiger charge is -2.44. The Hall–Kier alpha value is -2.57. The van der Waals surface area contributed by atoms with Crippen LogP contribution in [-0.2, 0) is 16.2 Å². The summed E-state index contributed by atoms with van der Waals surface area (Å²) in [6, 6.07) is 11.6. The van der Waals surface area contributed by atoms with Crippen molar-refractivity contribution in [3.63, 3.8) is 0 Å². The van der Waals surface area contributed by atoms with Gasteiger partial charge in [-0.25, -0.2) is 0 Å². The molecule has 1 heterocycles. The van der Waals surface area contributed by atoms with Crippen molar-refractivity contribution in [1.29, 1.82) is 0 Å². The van der Waals surface area contributed by atoms with Crippen LogP contribution in [0.5, 0.6) is 11.5 Å². The van der Waals surface area contributed by atoms with Crippen LogP contribution in [0, 0.1) is 10.8 Å². The topological polar surface area (TPSA) is 64.6 Å². The van der Waals surface area contributed by atoms with Gasteiger partial charge in [0.15, 0.2) is 23.1 Å². The van der Waals surface area contributed by atoms with Crippen molar-refractivity contribution < 1.29 is 19.1 Å². The third kappa shape index (κ3) is 5.17. The minimum absolute atomic E-state index is 0.0728. The van der Waals surface area contributed by atoms with Gasteiger partial charge < -0.3 is 14.8 Å². The van der Waals surface area contributed by atoms with Crippen LogP contribution in [0.2, 0.25) is 5.02 Å². The highest BCUT2D eigenvalue weighted by molar-refractivity contribution is 9.10. The van der Waals surface area contributed by atoms with Crippen LogP contribution in [0.1, 0.15) is 70.4 Å². The van der Waals surface area contributed by atoms with Crippen molar-refractivity contribution in [2.45, 2.75) is 65.9 Å². The van der Waals surface area contributed by atoms with Crippen molar-refractivity contribution in [1.82, 2.24) is 5.32 Å². The molecule has 0 saturated heterocycles. The molecule has 0 amide bonds. The highest BCUT2D eigenvalue weighted by Crippen LogP contribution is 2.52. The number of hydrogen-bond donors (Lipinski definition) is 1. The number of ether oxygens (including phenoxy) is 2. The highest BCUT2D eigenvalue weighted by Gasteiger charge is 2.46. The normalized spacial score (nSPS) is 20.6. The van der Waals surface area contributed by atoms with Crippen molar-refractivity contribution in [3.8, 4) is 11.5 Å². The van der Waals surface area contributed by atoms with E-state index in [0.717, 1.165) is 39.8 Å². The van der Waals surface area contributed by atoms with Gasteiger partial charge in [0, 0.05) is 45.8 Å². The first-order valence-electron chi connectivity index (χ1n) is 12.9. The number of Topliss-reactive ketones (excluding diaryl/α,β-unsaturated/α-hetero) is 2. The van der Waals surface area contributed by atoms with Crippen LogP contribution in [0.15, 0.2) is 63.4 Å². The summed E-state index contributed by atoms with van der Waals surface area (Å²) in [5, 5.41) is 3.93. The Kier molecular flexibility index (Phi) is 7.02. The van der Waals surface area contributed by atoms with Crippen molar-refractivity contribution in [2.75, 3.05) is 7.11 Å². The van der Waals surface area contributed by atoms with Gasteiger partial charge in [-0.2, -0.15) is 0 Å². The van der Waals surface area contributed by atoms with E-state index in [0.29, 0.717) is 47.1 Å². The predicted molar refractivity (Wildman–Crippen MR) is 152 cm³/mol. The number of methoxy groups -OCH3 is 1. The van der Waals surface area contributed by atoms with Crippen molar-refractivity contribution in [2.24, 2.45) is 10.8 Å². The van der Waals surface area contributed by atoms with Crippen molar-refractivity contribution >= 4 is 39.1 Å². The Morgan fingerprint density at radius 2 is 1.47 bits per heavy atom. The molecule has 2 aromatic carbocycles. The fourth-order valence-electron chi connectivity index (χ4n) is 6.00. The number of rotatable bonds is 5. The minimum atomic E-state index is -0.486. The van der Waals surface area contributed by atoms with E-state index in [1.165, 1.54) is 0 Å². The molecule has 0 bridgehead atoms. The molecule has 3 aliphatic rings. The molecule has 38 heavy (non-hydrogen) atoms. The quantitative estimate of drug-likeness (QED) is 0.383. The lowest BCUT2D eigenvalue weighted by molar-refractivity contribution is -0.119. The van der Waals surface area contributed by atoms with Crippen LogP contribution in [-0.4, -0.2) is 18.7 Å². The maximum atomic E-state index is 13.6. The van der Waals surface area contributed by atoms with Gasteiger partial charge >= 0.3 is 0 Å². The first kappa shape index (κ1) is 27.0. The van der Waals surface area contributed by atoms with Crippen LogP contribution in [0.4, 0.5) is 0 Å². The summed E-state index contributed by atoms with van der Waals surface area (Å²) in [7, 11) is 1.57. The fourth-order valence-corrected chi connectivity index (χ4v) is 6.54. The number of dihydropyridines is 1. The van der Waals surface area contributed by atoms with E-state index in [1.807, 2.05) is 36.4 Å². The van der Waals surface area contributed by atoms with Gasteiger partial charge in [-0.3, -0.25) is 9.59 Å². The van der Waals surface area contributed by atoms with Gasteiger partial charge in [0.1, 0.15) is 6.61 Å². The average Bonchev–Trinajstić information content (AvgIpc) is 2.81. The van der Waals surface area contributed by atoms with E-state index in [4.69, 9.17) is 21.1 Å². The number of allylic oxidation sites excluding steroid dienone is 4. The molecule has 0 radical (unpaired) electrons. The SMILES string of the molecule is COc1cc(C2C3=C(CC(C)(C)CC3=O)NC3=C2C(=O)CC(C)(C)C3)cc(Cl)c1OCc1ccc(Br)cc1. The minimum Gasteiger partial charge on any atom is -0.493 e. The molecule has 0 saturated carbocycles. The Balaban J connectivity index is 1.59. The third-order valence-corrected chi connectivity index (χ3v) is 8.41. The molecule has 0 fully saturated rings. The van der Waals surface area contributed by atoms with Gasteiger partial charge in [-0.1, -0.05) is 67.4 Å². The zero-order valence-corrected chi connectivity index (χ0v) is 24.8. The molecule has 0 unspecified atom stereocenters. The molecule has 200 valence electrons. The van der Waals surface area contributed by atoms with E-state index in [9.17, 15) is 9.59 Å². The average molecular weight is 599 g/mol. The number of halogens is 2. The number of benzene rings is 2. The summed E-state index contributed by atoms with van der Waals surface area (Å²) in [6.07, 6.45) is 2.36. The first-order chi connectivity index (χ1) is 17.9. The molecule has 1 N–H and O–H groups in total. The van der Waals surface area contributed by atoms with E-state index in [2.05, 4.69) is 48.9 Å². The van der Waals surface area contributed by atoms with Crippen LogP contribution in [0.25, 0.3) is 0 Å². The Morgan fingerprint density at radius 3 is 2.00 bits per heavy atom. The third-order valence-electron chi connectivity index (χ3n) is 7.60. The lowest BCUT2D eigenvalue weighted by Crippen LogP contribution is -2.42. The maximum Gasteiger partial charge on any atom is 0.180 e. The standard InChI is InChI=1S/C31H33BrClNO4/c1-30(2)12-21-27(23(35)14-30)26(28-22(34-21)13-31(3,4)15-24(28)36)18-10-20(33)29(25(11-18)37-5)38-16-17-6-8-19(32)9-7-17/h6-11,26,34H,12-16H2,1-5H3. The van der Waals surface area contributed by atoms with E-state index < -0.39 is 5.92 Å². The number of ketones is 2. The second-order valence-corrected chi connectivity index (χ2v) is 13.5. The van der Waals surface area contributed by atoms with Crippen LogP contribution < -0.4 is 14.8 Å². The zero-order valence-electron chi connectivity index (χ0n) is 22.5. The van der Waals surface area contributed by atoms with E-state index in [1.54, 1.807) is 7.11 Å². The molecular formula is C31H33BrClNO4. The van der Waals surface area contributed by atoms with Crippen molar-refractivity contribution in [3.05, 3.63) is 79.6 Å². The summed E-state index contributed by atoms with van der Waals surface area (Å²) in [5.74, 6) is 0.567. The van der Waals surface area contributed by atoms with Gasteiger partial charge in [-0.15, -0.1) is 0 Å². The van der Waals surface area contributed by atoms with E-state index in [-0.39, 0.29) is 22.4 Å². The molecule has 0 spiro atoms. The molecule has 1 aliphatic heterocycles. The lowest BCUT2D eigenvalue weighted by atomic mass is 9.64. The summed E-state index contributed by atoms with van der Waals surface area (Å²) >= 11 is 10.3. The van der Waals surface area contributed by atoms with Gasteiger partial charge in [-0.05, 0) is 59.1 Å². The molecule has 5 rings (SSSR count).